The second-order valence-corrected chi connectivity index (χ2v) is 4.91. The Morgan fingerprint density at radius 2 is 2.10 bits per heavy atom. The maximum Gasteiger partial charge on any atom is 0.269 e. The molecule has 0 aliphatic rings. The van der Waals surface area contributed by atoms with Gasteiger partial charge in [-0.2, -0.15) is 5.10 Å². The van der Waals surface area contributed by atoms with Crippen LogP contribution in [0.25, 0.3) is 11.3 Å². The summed E-state index contributed by atoms with van der Waals surface area (Å²) in [6.45, 7) is 3.79. The molecule has 106 valence electrons. The van der Waals surface area contributed by atoms with Gasteiger partial charge in [-0.15, -0.1) is 0 Å². The van der Waals surface area contributed by atoms with Gasteiger partial charge >= 0.3 is 0 Å². The minimum Gasteiger partial charge on any atom is -0.394 e. The van der Waals surface area contributed by atoms with Gasteiger partial charge in [-0.05, 0) is 24.1 Å². The number of nitrogens with zero attached hydrogens (tertiary/aromatic N) is 2. The highest BCUT2D eigenvalue weighted by Crippen LogP contribution is 2.16. The van der Waals surface area contributed by atoms with E-state index in [0.29, 0.717) is 11.4 Å². The number of hydrogen-bond donors (Lipinski definition) is 3. The number of hydrogen-bond acceptors (Lipinski definition) is 4. The summed E-state index contributed by atoms with van der Waals surface area (Å²) >= 11 is 0. The number of aliphatic hydroxyl groups excluding tert-OH is 1. The van der Waals surface area contributed by atoms with E-state index in [1.54, 1.807) is 18.5 Å². The van der Waals surface area contributed by atoms with Gasteiger partial charge in [-0.25, -0.2) is 0 Å². The summed E-state index contributed by atoms with van der Waals surface area (Å²) in [4.78, 5) is 16.0. The average molecular weight is 274 g/mol. The lowest BCUT2D eigenvalue weighted by atomic mass is 10.1. The molecule has 0 spiro atoms. The zero-order valence-electron chi connectivity index (χ0n) is 11.5. The fourth-order valence-electron chi connectivity index (χ4n) is 1.78. The van der Waals surface area contributed by atoms with Crippen molar-refractivity contribution >= 4 is 5.91 Å². The molecule has 6 nitrogen and oxygen atoms in total. The van der Waals surface area contributed by atoms with Crippen LogP contribution in [0.2, 0.25) is 0 Å². The van der Waals surface area contributed by atoms with E-state index in [9.17, 15) is 9.90 Å². The first-order chi connectivity index (χ1) is 9.61. The Morgan fingerprint density at radius 3 is 2.70 bits per heavy atom. The number of carbonyl (C=O) groups excluding carboxylic acids is 1. The molecule has 0 aliphatic heterocycles. The van der Waals surface area contributed by atoms with Crippen LogP contribution in [0, 0.1) is 5.92 Å². The Balaban J connectivity index is 2.11. The number of nitrogens with one attached hydrogen (secondary N) is 2. The van der Waals surface area contributed by atoms with E-state index in [-0.39, 0.29) is 24.5 Å². The molecule has 3 N–H and O–H groups in total. The Kier molecular flexibility index (Phi) is 4.47. The molecule has 1 atom stereocenters. The van der Waals surface area contributed by atoms with Gasteiger partial charge in [0.1, 0.15) is 5.69 Å². The van der Waals surface area contributed by atoms with Gasteiger partial charge in [-0.1, -0.05) is 13.8 Å². The van der Waals surface area contributed by atoms with Crippen molar-refractivity contribution in [2.24, 2.45) is 5.92 Å². The predicted octanol–water partition coefficient (Wildman–Crippen LogP) is 1.22. The summed E-state index contributed by atoms with van der Waals surface area (Å²) in [5.74, 6) is -0.114. The molecule has 0 aromatic carbocycles. The van der Waals surface area contributed by atoms with E-state index in [1.165, 1.54) is 0 Å². The van der Waals surface area contributed by atoms with Crippen LogP contribution < -0.4 is 5.32 Å². The van der Waals surface area contributed by atoms with Crippen LogP contribution in [0.5, 0.6) is 0 Å². The third-order valence-electron chi connectivity index (χ3n) is 3.12. The van der Waals surface area contributed by atoms with Gasteiger partial charge in [0.2, 0.25) is 0 Å². The first kappa shape index (κ1) is 14.2. The van der Waals surface area contributed by atoms with E-state index < -0.39 is 0 Å². The predicted molar refractivity (Wildman–Crippen MR) is 75.0 cm³/mol. The van der Waals surface area contributed by atoms with Crippen LogP contribution in [-0.2, 0) is 0 Å². The fraction of sp³-hybridized carbons (Fsp3) is 0.357. The summed E-state index contributed by atoms with van der Waals surface area (Å²) in [6, 6.07) is 5.06. The Bertz CT molecular complexity index is 566. The molecule has 0 saturated carbocycles. The summed E-state index contributed by atoms with van der Waals surface area (Å²) in [6.07, 6.45) is 3.34. The van der Waals surface area contributed by atoms with Crippen molar-refractivity contribution in [1.29, 1.82) is 0 Å². The van der Waals surface area contributed by atoms with Crippen LogP contribution in [0.3, 0.4) is 0 Å². The maximum absolute atomic E-state index is 12.1. The second kappa shape index (κ2) is 6.29. The molecule has 2 aromatic rings. The number of aromatic amines is 1. The number of rotatable bonds is 5. The topological polar surface area (TPSA) is 90.9 Å². The average Bonchev–Trinajstić information content (AvgIpc) is 2.95. The van der Waals surface area contributed by atoms with Crippen molar-refractivity contribution in [3.8, 4) is 11.3 Å². The van der Waals surface area contributed by atoms with Crippen LogP contribution in [0.1, 0.15) is 24.3 Å². The quantitative estimate of drug-likeness (QED) is 0.764. The number of aromatic nitrogens is 3. The smallest absolute Gasteiger partial charge is 0.269 e. The summed E-state index contributed by atoms with van der Waals surface area (Å²) in [5.41, 5.74) is 1.94. The van der Waals surface area contributed by atoms with E-state index >= 15 is 0 Å². The highest BCUT2D eigenvalue weighted by atomic mass is 16.3. The monoisotopic (exact) mass is 274 g/mol. The third-order valence-corrected chi connectivity index (χ3v) is 3.12. The van der Waals surface area contributed by atoms with Crippen molar-refractivity contribution in [1.82, 2.24) is 20.5 Å². The molecule has 0 saturated heterocycles. The Hall–Kier alpha value is -2.21. The molecule has 6 heteroatoms. The highest BCUT2D eigenvalue weighted by Gasteiger charge is 2.18. The first-order valence-electron chi connectivity index (χ1n) is 6.49. The molecule has 0 radical (unpaired) electrons. The lowest BCUT2D eigenvalue weighted by Gasteiger charge is -2.19. The molecule has 0 aliphatic carbocycles. The molecule has 0 bridgehead atoms. The van der Waals surface area contributed by atoms with E-state index in [1.807, 2.05) is 26.0 Å². The molecule has 2 rings (SSSR count). The van der Waals surface area contributed by atoms with Gasteiger partial charge < -0.3 is 10.4 Å². The lowest BCUT2D eigenvalue weighted by molar-refractivity contribution is 0.0892. The zero-order valence-corrected chi connectivity index (χ0v) is 11.5. The molecule has 1 unspecified atom stereocenters. The van der Waals surface area contributed by atoms with Crippen LogP contribution >= 0.6 is 0 Å². The second-order valence-electron chi connectivity index (χ2n) is 4.91. The summed E-state index contributed by atoms with van der Waals surface area (Å²) < 4.78 is 0. The van der Waals surface area contributed by atoms with Crippen LogP contribution in [0.4, 0.5) is 0 Å². The maximum atomic E-state index is 12.1. The minimum atomic E-state index is -0.273. The van der Waals surface area contributed by atoms with Crippen molar-refractivity contribution in [2.45, 2.75) is 19.9 Å². The van der Waals surface area contributed by atoms with Gasteiger partial charge in [0.05, 0.1) is 18.3 Å². The van der Waals surface area contributed by atoms with E-state index in [0.717, 1.165) is 5.56 Å². The number of amides is 1. The number of H-pyrrole nitrogens is 1. The standard InChI is InChI=1S/C14H18N4O2/c1-9(2)13(8-19)16-14(20)12-7-11(17-18-12)10-3-5-15-6-4-10/h3-7,9,13,19H,8H2,1-2H3,(H,16,20)(H,17,18). The largest absolute Gasteiger partial charge is 0.394 e. The van der Waals surface area contributed by atoms with Crippen LogP contribution in [-0.4, -0.2) is 38.8 Å². The SMILES string of the molecule is CC(C)C(CO)NC(=O)c1cc(-c2ccncc2)n[nH]1. The summed E-state index contributed by atoms with van der Waals surface area (Å²) in [7, 11) is 0. The highest BCUT2D eigenvalue weighted by molar-refractivity contribution is 5.93. The van der Waals surface area contributed by atoms with Gasteiger partial charge in [-0.3, -0.25) is 14.9 Å². The number of aliphatic hydroxyl groups is 1. The van der Waals surface area contributed by atoms with Crippen LogP contribution in [0.15, 0.2) is 30.6 Å². The van der Waals surface area contributed by atoms with Crippen molar-refractivity contribution in [2.75, 3.05) is 6.61 Å². The zero-order chi connectivity index (χ0) is 14.5. The molecule has 2 heterocycles. The third kappa shape index (κ3) is 3.21. The van der Waals surface area contributed by atoms with E-state index in [2.05, 4.69) is 20.5 Å². The first-order valence-corrected chi connectivity index (χ1v) is 6.49. The minimum absolute atomic E-state index is 0.0885. The number of carbonyl (C=O) groups is 1. The van der Waals surface area contributed by atoms with Gasteiger partial charge in [0.25, 0.3) is 5.91 Å². The molecule has 20 heavy (non-hydrogen) atoms. The molecule has 1 amide bonds. The van der Waals surface area contributed by atoms with Crippen molar-refractivity contribution < 1.29 is 9.90 Å². The molecule has 2 aromatic heterocycles. The van der Waals surface area contributed by atoms with Crippen molar-refractivity contribution in [3.05, 3.63) is 36.3 Å². The normalized spacial score (nSPS) is 12.4. The van der Waals surface area contributed by atoms with Gasteiger partial charge in [0.15, 0.2) is 0 Å². The Labute approximate surface area is 117 Å². The Morgan fingerprint density at radius 1 is 1.40 bits per heavy atom. The van der Waals surface area contributed by atoms with E-state index in [4.69, 9.17) is 0 Å². The fourth-order valence-corrected chi connectivity index (χ4v) is 1.78. The molecular formula is C14H18N4O2. The van der Waals surface area contributed by atoms with Crippen molar-refractivity contribution in [3.63, 3.8) is 0 Å². The number of pyridine rings is 1. The summed E-state index contributed by atoms with van der Waals surface area (Å²) in [5, 5.41) is 18.8. The van der Waals surface area contributed by atoms with Gasteiger partial charge in [0, 0.05) is 18.0 Å². The lowest BCUT2D eigenvalue weighted by Crippen LogP contribution is -2.41. The molecular weight excluding hydrogens is 256 g/mol. The molecule has 0 fully saturated rings.